The number of hydrogen-bond acceptors (Lipinski definition) is 1. The monoisotopic (exact) mass is 234 g/mol. The molecule has 0 amide bonds. The molecule has 0 unspecified atom stereocenters. The molecule has 2 nitrogen and oxygen atoms in total. The number of imidazole rings is 1. The van der Waals surface area contributed by atoms with Gasteiger partial charge in [-0.15, -0.1) is 0 Å². The topological polar surface area (TPSA) is 28.7 Å². The van der Waals surface area contributed by atoms with E-state index < -0.39 is 0 Å². The fourth-order valence-corrected chi connectivity index (χ4v) is 2.18. The summed E-state index contributed by atoms with van der Waals surface area (Å²) in [7, 11) is 0. The van der Waals surface area contributed by atoms with Gasteiger partial charge in [-0.2, -0.15) is 0 Å². The highest BCUT2D eigenvalue weighted by atomic mass is 35.5. The van der Waals surface area contributed by atoms with Crippen LogP contribution < -0.4 is 0 Å². The minimum atomic E-state index is 0.465. The predicted molar refractivity (Wildman–Crippen MR) is 67.9 cm³/mol. The second-order valence-corrected chi connectivity index (χ2v) is 4.70. The standard InChI is InChI=1S/C13H15ClN2/c1-8(2)11-6-10(14)7-12(9(11)3)13-15-4-5-16-13/h4-8H,1-3H3,(H,15,16). The van der Waals surface area contributed by atoms with E-state index >= 15 is 0 Å². The number of nitrogens with zero attached hydrogens (tertiary/aromatic N) is 1. The van der Waals surface area contributed by atoms with E-state index in [-0.39, 0.29) is 0 Å². The second-order valence-electron chi connectivity index (χ2n) is 4.26. The van der Waals surface area contributed by atoms with E-state index in [1.165, 1.54) is 11.1 Å². The average Bonchev–Trinajstić information content (AvgIpc) is 2.73. The number of aromatic amines is 1. The van der Waals surface area contributed by atoms with Crippen LogP contribution in [-0.4, -0.2) is 9.97 Å². The van der Waals surface area contributed by atoms with Crippen LogP contribution in [0.25, 0.3) is 11.4 Å². The maximum absolute atomic E-state index is 6.14. The number of H-pyrrole nitrogens is 1. The van der Waals surface area contributed by atoms with Crippen LogP contribution >= 0.6 is 11.6 Å². The van der Waals surface area contributed by atoms with Gasteiger partial charge in [-0.05, 0) is 36.1 Å². The molecule has 0 saturated heterocycles. The van der Waals surface area contributed by atoms with Crippen molar-refractivity contribution in [2.24, 2.45) is 0 Å². The summed E-state index contributed by atoms with van der Waals surface area (Å²) in [4.78, 5) is 7.39. The number of benzene rings is 1. The van der Waals surface area contributed by atoms with E-state index in [0.29, 0.717) is 5.92 Å². The zero-order valence-corrected chi connectivity index (χ0v) is 10.5. The highest BCUT2D eigenvalue weighted by Crippen LogP contribution is 2.31. The lowest BCUT2D eigenvalue weighted by atomic mass is 9.94. The van der Waals surface area contributed by atoms with Gasteiger partial charge in [0.05, 0.1) is 0 Å². The van der Waals surface area contributed by atoms with Crippen molar-refractivity contribution in [3.05, 3.63) is 40.7 Å². The lowest BCUT2D eigenvalue weighted by Crippen LogP contribution is -1.96. The molecule has 2 aromatic rings. The minimum absolute atomic E-state index is 0.465. The van der Waals surface area contributed by atoms with Crippen molar-refractivity contribution in [3.63, 3.8) is 0 Å². The third-order valence-electron chi connectivity index (χ3n) is 2.79. The van der Waals surface area contributed by atoms with Crippen molar-refractivity contribution in [3.8, 4) is 11.4 Å². The third kappa shape index (κ3) is 1.98. The Hall–Kier alpha value is -1.28. The normalized spacial score (nSPS) is 11.1. The molecule has 1 aromatic heterocycles. The summed E-state index contributed by atoms with van der Waals surface area (Å²) in [5.74, 6) is 1.34. The molecule has 3 heteroatoms. The summed E-state index contributed by atoms with van der Waals surface area (Å²) in [5.41, 5.74) is 3.61. The molecule has 0 aliphatic rings. The molecule has 1 heterocycles. The van der Waals surface area contributed by atoms with E-state index in [9.17, 15) is 0 Å². The van der Waals surface area contributed by atoms with Gasteiger partial charge in [0, 0.05) is 23.0 Å². The molecule has 0 atom stereocenters. The third-order valence-corrected chi connectivity index (χ3v) is 3.01. The van der Waals surface area contributed by atoms with Gasteiger partial charge in [0.25, 0.3) is 0 Å². The molecule has 0 bridgehead atoms. The maximum atomic E-state index is 6.14. The minimum Gasteiger partial charge on any atom is -0.345 e. The van der Waals surface area contributed by atoms with E-state index in [0.717, 1.165) is 16.4 Å². The fraction of sp³-hybridized carbons (Fsp3) is 0.308. The van der Waals surface area contributed by atoms with Crippen molar-refractivity contribution >= 4 is 11.6 Å². The zero-order chi connectivity index (χ0) is 11.7. The van der Waals surface area contributed by atoms with Gasteiger partial charge in [0.1, 0.15) is 5.82 Å². The molecular weight excluding hydrogens is 220 g/mol. The van der Waals surface area contributed by atoms with Crippen molar-refractivity contribution in [2.75, 3.05) is 0 Å². The van der Waals surface area contributed by atoms with Gasteiger partial charge < -0.3 is 4.98 Å². The summed E-state index contributed by atoms with van der Waals surface area (Å²) >= 11 is 6.14. The first-order valence-corrected chi connectivity index (χ1v) is 5.77. The molecule has 84 valence electrons. The first-order valence-electron chi connectivity index (χ1n) is 5.39. The molecule has 2 rings (SSSR count). The Morgan fingerprint density at radius 2 is 2.06 bits per heavy atom. The average molecular weight is 235 g/mol. The molecule has 0 fully saturated rings. The van der Waals surface area contributed by atoms with Crippen LogP contribution in [0.1, 0.15) is 30.9 Å². The summed E-state index contributed by atoms with van der Waals surface area (Å²) in [5, 5.41) is 0.765. The summed E-state index contributed by atoms with van der Waals surface area (Å²) in [6, 6.07) is 4.00. The Kier molecular flexibility index (Phi) is 3.01. The van der Waals surface area contributed by atoms with E-state index in [1.807, 2.05) is 18.3 Å². The number of halogens is 1. The van der Waals surface area contributed by atoms with Crippen molar-refractivity contribution in [1.29, 1.82) is 0 Å². The maximum Gasteiger partial charge on any atom is 0.137 e. The van der Waals surface area contributed by atoms with Gasteiger partial charge in [-0.1, -0.05) is 25.4 Å². The Bertz CT molecular complexity index is 487. The van der Waals surface area contributed by atoms with Gasteiger partial charge in [0.15, 0.2) is 0 Å². The molecule has 0 aliphatic heterocycles. The van der Waals surface area contributed by atoms with Crippen LogP contribution in [0.5, 0.6) is 0 Å². The number of rotatable bonds is 2. The quantitative estimate of drug-likeness (QED) is 0.831. The van der Waals surface area contributed by atoms with Crippen LogP contribution in [-0.2, 0) is 0 Å². The lowest BCUT2D eigenvalue weighted by Gasteiger charge is -2.13. The van der Waals surface area contributed by atoms with Gasteiger partial charge in [-0.3, -0.25) is 0 Å². The first-order chi connectivity index (χ1) is 7.59. The van der Waals surface area contributed by atoms with Crippen molar-refractivity contribution in [2.45, 2.75) is 26.7 Å². The highest BCUT2D eigenvalue weighted by Gasteiger charge is 2.12. The summed E-state index contributed by atoms with van der Waals surface area (Å²) in [6.45, 7) is 6.46. The predicted octanol–water partition coefficient (Wildman–Crippen LogP) is 4.16. The molecule has 1 N–H and O–H groups in total. The Labute approximate surface area is 101 Å². The lowest BCUT2D eigenvalue weighted by molar-refractivity contribution is 0.857. The Morgan fingerprint density at radius 1 is 1.31 bits per heavy atom. The number of aromatic nitrogens is 2. The smallest absolute Gasteiger partial charge is 0.137 e. The molecule has 1 aromatic carbocycles. The van der Waals surface area contributed by atoms with Crippen LogP contribution in [0.15, 0.2) is 24.5 Å². The molecular formula is C13H15ClN2. The fourth-order valence-electron chi connectivity index (χ4n) is 1.96. The van der Waals surface area contributed by atoms with Crippen molar-refractivity contribution < 1.29 is 0 Å². The molecule has 0 radical (unpaired) electrons. The zero-order valence-electron chi connectivity index (χ0n) is 9.71. The molecule has 0 spiro atoms. The molecule has 0 saturated carbocycles. The summed E-state index contributed by atoms with van der Waals surface area (Å²) < 4.78 is 0. The molecule has 16 heavy (non-hydrogen) atoms. The molecule has 0 aliphatic carbocycles. The SMILES string of the molecule is Cc1c(-c2ncc[nH]2)cc(Cl)cc1C(C)C. The van der Waals surface area contributed by atoms with Gasteiger partial charge in [0.2, 0.25) is 0 Å². The number of nitrogens with one attached hydrogen (secondary N) is 1. The van der Waals surface area contributed by atoms with Crippen LogP contribution in [0, 0.1) is 6.92 Å². The van der Waals surface area contributed by atoms with Crippen LogP contribution in [0.3, 0.4) is 0 Å². The highest BCUT2D eigenvalue weighted by molar-refractivity contribution is 6.31. The Balaban J connectivity index is 2.62. The van der Waals surface area contributed by atoms with Gasteiger partial charge >= 0.3 is 0 Å². The van der Waals surface area contributed by atoms with Gasteiger partial charge in [-0.25, -0.2) is 4.98 Å². The Morgan fingerprint density at radius 3 is 2.62 bits per heavy atom. The van der Waals surface area contributed by atoms with Crippen LogP contribution in [0.2, 0.25) is 5.02 Å². The first kappa shape index (κ1) is 11.2. The largest absolute Gasteiger partial charge is 0.345 e. The van der Waals surface area contributed by atoms with E-state index in [4.69, 9.17) is 11.6 Å². The van der Waals surface area contributed by atoms with Crippen LogP contribution in [0.4, 0.5) is 0 Å². The summed E-state index contributed by atoms with van der Waals surface area (Å²) in [6.07, 6.45) is 3.58. The number of hydrogen-bond donors (Lipinski definition) is 1. The van der Waals surface area contributed by atoms with Crippen molar-refractivity contribution in [1.82, 2.24) is 9.97 Å². The van der Waals surface area contributed by atoms with E-state index in [1.54, 1.807) is 6.20 Å². The van der Waals surface area contributed by atoms with E-state index in [2.05, 4.69) is 30.7 Å². The second kappa shape index (κ2) is 4.30.